The van der Waals surface area contributed by atoms with E-state index in [1.165, 1.54) is 17.3 Å². The molecule has 0 radical (unpaired) electrons. The highest BCUT2D eigenvalue weighted by Gasteiger charge is 2.18. The average molecular weight is 331 g/mol. The Labute approximate surface area is 140 Å². The minimum absolute atomic E-state index is 0.0698. The van der Waals surface area contributed by atoms with Crippen molar-refractivity contribution in [3.05, 3.63) is 42.5 Å². The standard InChI is InChI=1S/C16H21N5OS/c1-5-10-17-15(22)12(4)23-16-18-19-20-21(16)14-8-6-13(7-9-14)11(2)3/h5-9,11-12H,1,10H2,2-4H3,(H,17,22)/t12-/m0/s1. The second-order valence-electron chi connectivity index (χ2n) is 5.41. The van der Waals surface area contributed by atoms with Crippen LogP contribution in [0.5, 0.6) is 0 Å². The number of thioether (sulfide) groups is 1. The fraction of sp³-hybridized carbons (Fsp3) is 0.375. The zero-order valence-electron chi connectivity index (χ0n) is 13.6. The summed E-state index contributed by atoms with van der Waals surface area (Å²) in [5.41, 5.74) is 2.13. The molecule has 0 saturated heterocycles. The van der Waals surface area contributed by atoms with Gasteiger partial charge in [-0.3, -0.25) is 4.79 Å². The molecule has 0 unspecified atom stereocenters. The monoisotopic (exact) mass is 331 g/mol. The Bertz CT molecular complexity index is 665. The van der Waals surface area contributed by atoms with E-state index < -0.39 is 0 Å². The summed E-state index contributed by atoms with van der Waals surface area (Å²) in [5.74, 6) is 0.403. The van der Waals surface area contributed by atoms with Crippen molar-refractivity contribution in [3.63, 3.8) is 0 Å². The molecule has 6 nitrogen and oxygen atoms in total. The number of benzene rings is 1. The highest BCUT2D eigenvalue weighted by molar-refractivity contribution is 8.00. The molecule has 7 heteroatoms. The molecule has 1 aromatic carbocycles. The summed E-state index contributed by atoms with van der Waals surface area (Å²) in [6.45, 7) is 10.2. The van der Waals surface area contributed by atoms with E-state index in [1.54, 1.807) is 10.8 Å². The van der Waals surface area contributed by atoms with Gasteiger partial charge in [-0.2, -0.15) is 4.68 Å². The summed E-state index contributed by atoms with van der Waals surface area (Å²) in [4.78, 5) is 11.9. The number of tetrazole rings is 1. The van der Waals surface area contributed by atoms with Crippen LogP contribution < -0.4 is 5.32 Å². The lowest BCUT2D eigenvalue weighted by molar-refractivity contribution is -0.120. The van der Waals surface area contributed by atoms with Gasteiger partial charge in [0.1, 0.15) is 0 Å². The van der Waals surface area contributed by atoms with E-state index in [9.17, 15) is 4.79 Å². The van der Waals surface area contributed by atoms with Gasteiger partial charge in [0.25, 0.3) is 0 Å². The molecule has 0 aliphatic rings. The topological polar surface area (TPSA) is 72.7 Å². The lowest BCUT2D eigenvalue weighted by atomic mass is 10.0. The lowest BCUT2D eigenvalue weighted by Gasteiger charge is -2.11. The average Bonchev–Trinajstić information content (AvgIpc) is 3.00. The maximum Gasteiger partial charge on any atom is 0.233 e. The lowest BCUT2D eigenvalue weighted by Crippen LogP contribution is -2.31. The summed E-state index contributed by atoms with van der Waals surface area (Å²) in [5, 5.41) is 14.8. The summed E-state index contributed by atoms with van der Waals surface area (Å²) < 4.78 is 1.64. The van der Waals surface area contributed by atoms with Crippen LogP contribution in [0.3, 0.4) is 0 Å². The van der Waals surface area contributed by atoms with Crippen molar-refractivity contribution in [2.75, 3.05) is 6.54 Å². The molecule has 1 atom stereocenters. The summed E-state index contributed by atoms with van der Waals surface area (Å²) in [7, 11) is 0. The third-order valence-corrected chi connectivity index (χ3v) is 4.35. The van der Waals surface area contributed by atoms with E-state index in [0.717, 1.165) is 5.69 Å². The van der Waals surface area contributed by atoms with Crippen LogP contribution in [0.2, 0.25) is 0 Å². The van der Waals surface area contributed by atoms with Gasteiger partial charge in [0, 0.05) is 6.54 Å². The highest BCUT2D eigenvalue weighted by Crippen LogP contribution is 2.24. The van der Waals surface area contributed by atoms with Gasteiger partial charge in [0.2, 0.25) is 11.1 Å². The minimum atomic E-state index is -0.297. The Balaban J connectivity index is 2.13. The van der Waals surface area contributed by atoms with Crippen molar-refractivity contribution >= 4 is 17.7 Å². The van der Waals surface area contributed by atoms with Crippen LogP contribution >= 0.6 is 11.8 Å². The first-order valence-corrected chi connectivity index (χ1v) is 8.35. The van der Waals surface area contributed by atoms with Gasteiger partial charge in [0.05, 0.1) is 10.9 Å². The number of hydrogen-bond donors (Lipinski definition) is 1. The maximum absolute atomic E-state index is 11.9. The van der Waals surface area contributed by atoms with Crippen LogP contribution in [0.1, 0.15) is 32.3 Å². The Morgan fingerprint density at radius 2 is 2.04 bits per heavy atom. The predicted octanol–water partition coefficient (Wildman–Crippen LogP) is 2.57. The maximum atomic E-state index is 11.9. The van der Waals surface area contributed by atoms with E-state index >= 15 is 0 Å². The van der Waals surface area contributed by atoms with Crippen LogP contribution in [0.4, 0.5) is 0 Å². The van der Waals surface area contributed by atoms with Crippen molar-refractivity contribution in [2.45, 2.75) is 37.1 Å². The number of amides is 1. The summed E-state index contributed by atoms with van der Waals surface area (Å²) in [6, 6.07) is 8.10. The molecule has 23 heavy (non-hydrogen) atoms. The molecule has 0 aliphatic carbocycles. The van der Waals surface area contributed by atoms with Crippen molar-refractivity contribution < 1.29 is 4.79 Å². The molecule has 2 rings (SSSR count). The van der Waals surface area contributed by atoms with E-state index in [1.807, 2.05) is 19.1 Å². The van der Waals surface area contributed by atoms with E-state index in [-0.39, 0.29) is 11.2 Å². The largest absolute Gasteiger partial charge is 0.352 e. The fourth-order valence-corrected chi connectivity index (χ4v) is 2.78. The summed E-state index contributed by atoms with van der Waals surface area (Å²) in [6.07, 6.45) is 1.65. The fourth-order valence-electron chi connectivity index (χ4n) is 1.94. The first kappa shape index (κ1) is 17.2. The number of carbonyl (C=O) groups is 1. The Kier molecular flexibility index (Phi) is 5.92. The minimum Gasteiger partial charge on any atom is -0.352 e. The first-order valence-electron chi connectivity index (χ1n) is 7.47. The van der Waals surface area contributed by atoms with Crippen LogP contribution in [0.25, 0.3) is 5.69 Å². The van der Waals surface area contributed by atoms with Crippen LogP contribution in [-0.2, 0) is 4.79 Å². The first-order chi connectivity index (χ1) is 11.0. The number of aromatic nitrogens is 4. The molecule has 1 aromatic heterocycles. The van der Waals surface area contributed by atoms with E-state index in [0.29, 0.717) is 17.6 Å². The van der Waals surface area contributed by atoms with Crippen LogP contribution in [0.15, 0.2) is 42.1 Å². The molecule has 1 N–H and O–H groups in total. The van der Waals surface area contributed by atoms with Crippen molar-refractivity contribution in [2.24, 2.45) is 0 Å². The van der Waals surface area contributed by atoms with Gasteiger partial charge >= 0.3 is 0 Å². The van der Waals surface area contributed by atoms with Crippen LogP contribution in [0, 0.1) is 0 Å². The number of carbonyl (C=O) groups excluding carboxylic acids is 1. The molecular formula is C16H21N5OS. The number of nitrogens with one attached hydrogen (secondary N) is 1. The molecule has 0 spiro atoms. The summed E-state index contributed by atoms with van der Waals surface area (Å²) >= 11 is 1.32. The zero-order chi connectivity index (χ0) is 16.8. The molecule has 2 aromatic rings. The quantitative estimate of drug-likeness (QED) is 0.623. The van der Waals surface area contributed by atoms with Gasteiger partial charge in [-0.25, -0.2) is 0 Å². The Hall–Kier alpha value is -2.15. The second kappa shape index (κ2) is 7.92. The molecule has 0 fully saturated rings. The number of rotatable bonds is 7. The van der Waals surface area contributed by atoms with Crippen LogP contribution in [-0.4, -0.2) is 37.9 Å². The molecule has 122 valence electrons. The Morgan fingerprint density at radius 1 is 1.35 bits per heavy atom. The van der Waals surface area contributed by atoms with Gasteiger partial charge in [0.15, 0.2) is 0 Å². The Morgan fingerprint density at radius 3 is 2.65 bits per heavy atom. The number of hydrogen-bond acceptors (Lipinski definition) is 5. The van der Waals surface area contributed by atoms with Gasteiger partial charge in [-0.15, -0.1) is 11.7 Å². The van der Waals surface area contributed by atoms with Crippen molar-refractivity contribution in [1.82, 2.24) is 25.5 Å². The molecular weight excluding hydrogens is 310 g/mol. The van der Waals surface area contributed by atoms with Gasteiger partial charge in [-0.05, 0) is 41.0 Å². The highest BCUT2D eigenvalue weighted by atomic mass is 32.2. The molecule has 0 aliphatic heterocycles. The molecule has 1 amide bonds. The second-order valence-corrected chi connectivity index (χ2v) is 6.72. The van der Waals surface area contributed by atoms with Gasteiger partial charge < -0.3 is 5.32 Å². The molecule has 0 bridgehead atoms. The zero-order valence-corrected chi connectivity index (χ0v) is 14.4. The smallest absolute Gasteiger partial charge is 0.233 e. The molecule has 0 saturated carbocycles. The SMILES string of the molecule is C=CCNC(=O)[C@H](C)Sc1nnnn1-c1ccc(C(C)C)cc1. The van der Waals surface area contributed by atoms with E-state index in [4.69, 9.17) is 0 Å². The normalized spacial score (nSPS) is 12.2. The third-order valence-electron chi connectivity index (χ3n) is 3.32. The van der Waals surface area contributed by atoms with Crippen molar-refractivity contribution in [3.8, 4) is 5.69 Å². The molecule has 1 heterocycles. The van der Waals surface area contributed by atoms with E-state index in [2.05, 4.69) is 53.4 Å². The van der Waals surface area contributed by atoms with Crippen molar-refractivity contribution in [1.29, 1.82) is 0 Å². The third kappa shape index (κ3) is 4.41. The predicted molar refractivity (Wildman–Crippen MR) is 91.8 cm³/mol. The number of nitrogens with zero attached hydrogens (tertiary/aromatic N) is 4. The van der Waals surface area contributed by atoms with Gasteiger partial charge in [-0.1, -0.05) is 43.8 Å².